The third kappa shape index (κ3) is 4.29. The zero-order valence-corrected chi connectivity index (χ0v) is 13.9. The minimum absolute atomic E-state index is 0.140. The van der Waals surface area contributed by atoms with Gasteiger partial charge in [-0.3, -0.25) is 9.59 Å². The fraction of sp³-hybridized carbons (Fsp3) is 0.125. The van der Waals surface area contributed by atoms with E-state index in [1.54, 1.807) is 12.1 Å². The number of halogens is 1. The van der Waals surface area contributed by atoms with Crippen LogP contribution in [0.25, 0.3) is 0 Å². The van der Waals surface area contributed by atoms with E-state index in [1.165, 1.54) is 6.92 Å². The Balaban J connectivity index is 2.19. The van der Waals surface area contributed by atoms with Gasteiger partial charge in [-0.25, -0.2) is 0 Å². The Bertz CT molecular complexity index is 698. The summed E-state index contributed by atoms with van der Waals surface area (Å²) in [6, 6.07) is 12.8. The first-order valence-electron chi connectivity index (χ1n) is 6.41. The molecule has 108 valence electrons. The van der Waals surface area contributed by atoms with E-state index in [0.717, 1.165) is 9.13 Å². The number of aryl methyl sites for hydroxylation is 1. The Kier molecular flexibility index (Phi) is 4.95. The van der Waals surface area contributed by atoms with Crippen molar-refractivity contribution in [3.63, 3.8) is 0 Å². The molecule has 0 bridgehead atoms. The molecule has 0 aromatic heterocycles. The van der Waals surface area contributed by atoms with Crippen LogP contribution in [-0.4, -0.2) is 11.8 Å². The molecular formula is C16H15IN2O2. The molecule has 0 saturated carbocycles. The van der Waals surface area contributed by atoms with Crippen LogP contribution in [0, 0.1) is 10.5 Å². The lowest BCUT2D eigenvalue weighted by atomic mass is 10.1. The molecule has 0 aliphatic carbocycles. The van der Waals surface area contributed by atoms with Gasteiger partial charge in [0, 0.05) is 27.4 Å². The van der Waals surface area contributed by atoms with E-state index in [4.69, 9.17) is 0 Å². The summed E-state index contributed by atoms with van der Waals surface area (Å²) in [6.07, 6.45) is 0. The fourth-order valence-corrected chi connectivity index (χ4v) is 2.40. The number of anilines is 2. The first-order chi connectivity index (χ1) is 9.95. The number of hydrogen-bond acceptors (Lipinski definition) is 2. The van der Waals surface area contributed by atoms with Crippen LogP contribution < -0.4 is 10.6 Å². The summed E-state index contributed by atoms with van der Waals surface area (Å²) in [4.78, 5) is 23.3. The summed E-state index contributed by atoms with van der Waals surface area (Å²) in [5.41, 5.74) is 2.89. The average molecular weight is 394 g/mol. The molecular weight excluding hydrogens is 379 g/mol. The molecule has 0 fully saturated rings. The van der Waals surface area contributed by atoms with Crippen molar-refractivity contribution >= 4 is 45.8 Å². The van der Waals surface area contributed by atoms with Crippen LogP contribution in [0.3, 0.4) is 0 Å². The molecule has 2 aromatic carbocycles. The number of carbonyl (C=O) groups is 2. The molecule has 0 aliphatic rings. The predicted molar refractivity (Wildman–Crippen MR) is 92.6 cm³/mol. The highest BCUT2D eigenvalue weighted by molar-refractivity contribution is 14.1. The maximum absolute atomic E-state index is 12.2. The first kappa shape index (κ1) is 15.5. The summed E-state index contributed by atoms with van der Waals surface area (Å²) in [5.74, 6) is -0.315. The number of carbonyl (C=O) groups excluding carboxylic acids is 2. The van der Waals surface area contributed by atoms with E-state index in [-0.39, 0.29) is 11.8 Å². The minimum Gasteiger partial charge on any atom is -0.326 e. The summed E-state index contributed by atoms with van der Waals surface area (Å²) in [6.45, 7) is 3.35. The van der Waals surface area contributed by atoms with Crippen molar-refractivity contribution in [2.75, 3.05) is 10.6 Å². The number of rotatable bonds is 3. The summed E-state index contributed by atoms with van der Waals surface area (Å²) in [7, 11) is 0. The van der Waals surface area contributed by atoms with Gasteiger partial charge in [-0.1, -0.05) is 12.1 Å². The minimum atomic E-state index is -0.175. The van der Waals surface area contributed by atoms with Crippen molar-refractivity contribution in [3.05, 3.63) is 57.2 Å². The Hall–Kier alpha value is -1.89. The molecule has 0 atom stereocenters. The molecule has 5 heteroatoms. The zero-order chi connectivity index (χ0) is 15.4. The number of nitrogens with one attached hydrogen (secondary N) is 2. The molecule has 0 radical (unpaired) electrons. The lowest BCUT2D eigenvalue weighted by Crippen LogP contribution is -2.13. The molecule has 0 saturated heterocycles. The van der Waals surface area contributed by atoms with Crippen LogP contribution in [-0.2, 0) is 4.79 Å². The normalized spacial score (nSPS) is 10.0. The molecule has 2 aromatic rings. The molecule has 0 spiro atoms. The molecule has 4 nitrogen and oxygen atoms in total. The maximum atomic E-state index is 12.2. The zero-order valence-electron chi connectivity index (χ0n) is 11.7. The van der Waals surface area contributed by atoms with Gasteiger partial charge in [0.25, 0.3) is 5.91 Å². The van der Waals surface area contributed by atoms with Gasteiger partial charge in [0.15, 0.2) is 0 Å². The molecule has 0 aliphatic heterocycles. The van der Waals surface area contributed by atoms with Gasteiger partial charge >= 0.3 is 0 Å². The van der Waals surface area contributed by atoms with E-state index in [1.807, 2.05) is 37.3 Å². The van der Waals surface area contributed by atoms with Crippen molar-refractivity contribution in [1.82, 2.24) is 0 Å². The van der Waals surface area contributed by atoms with Crippen molar-refractivity contribution in [1.29, 1.82) is 0 Å². The standard InChI is InChI=1S/C16H15IN2O2/c1-10-6-7-14(9-15(10)18-11(2)20)19-16(21)12-4-3-5-13(17)8-12/h3-9H,1-2H3,(H,18,20)(H,19,21). The SMILES string of the molecule is CC(=O)Nc1cc(NC(=O)c2cccc(I)c2)ccc1C. The lowest BCUT2D eigenvalue weighted by Gasteiger charge is -2.10. The second kappa shape index (κ2) is 6.71. The highest BCUT2D eigenvalue weighted by Gasteiger charge is 2.08. The highest BCUT2D eigenvalue weighted by atomic mass is 127. The number of amides is 2. The summed E-state index contributed by atoms with van der Waals surface area (Å²) >= 11 is 2.17. The van der Waals surface area contributed by atoms with Crippen molar-refractivity contribution in [2.24, 2.45) is 0 Å². The quantitative estimate of drug-likeness (QED) is 0.778. The second-order valence-electron chi connectivity index (χ2n) is 4.68. The van der Waals surface area contributed by atoms with E-state index in [0.29, 0.717) is 16.9 Å². The Morgan fingerprint density at radius 2 is 1.81 bits per heavy atom. The van der Waals surface area contributed by atoms with Crippen LogP contribution in [0.5, 0.6) is 0 Å². The molecule has 2 rings (SSSR count). The van der Waals surface area contributed by atoms with Gasteiger partial charge in [-0.05, 0) is 65.4 Å². The van der Waals surface area contributed by atoms with Gasteiger partial charge in [0.1, 0.15) is 0 Å². The van der Waals surface area contributed by atoms with Crippen LogP contribution >= 0.6 is 22.6 Å². The fourth-order valence-electron chi connectivity index (χ4n) is 1.86. The molecule has 0 unspecified atom stereocenters. The van der Waals surface area contributed by atoms with Crippen LogP contribution in [0.2, 0.25) is 0 Å². The Morgan fingerprint density at radius 3 is 2.48 bits per heavy atom. The van der Waals surface area contributed by atoms with Gasteiger partial charge < -0.3 is 10.6 Å². The molecule has 2 N–H and O–H groups in total. The van der Waals surface area contributed by atoms with Gasteiger partial charge in [0.05, 0.1) is 0 Å². The van der Waals surface area contributed by atoms with E-state index in [2.05, 4.69) is 33.2 Å². The van der Waals surface area contributed by atoms with Crippen molar-refractivity contribution in [3.8, 4) is 0 Å². The third-order valence-corrected chi connectivity index (χ3v) is 3.56. The lowest BCUT2D eigenvalue weighted by molar-refractivity contribution is -0.114. The average Bonchev–Trinajstić information content (AvgIpc) is 2.42. The van der Waals surface area contributed by atoms with E-state index in [9.17, 15) is 9.59 Å². The topological polar surface area (TPSA) is 58.2 Å². The maximum Gasteiger partial charge on any atom is 0.255 e. The van der Waals surface area contributed by atoms with Crippen LogP contribution in [0.15, 0.2) is 42.5 Å². The van der Waals surface area contributed by atoms with Gasteiger partial charge in [0.2, 0.25) is 5.91 Å². The van der Waals surface area contributed by atoms with Gasteiger partial charge in [-0.2, -0.15) is 0 Å². The summed E-state index contributed by atoms with van der Waals surface area (Å²) in [5, 5.41) is 5.58. The van der Waals surface area contributed by atoms with Gasteiger partial charge in [-0.15, -0.1) is 0 Å². The molecule has 21 heavy (non-hydrogen) atoms. The van der Waals surface area contributed by atoms with Crippen LogP contribution in [0.1, 0.15) is 22.8 Å². The Morgan fingerprint density at radius 1 is 1.05 bits per heavy atom. The van der Waals surface area contributed by atoms with E-state index >= 15 is 0 Å². The first-order valence-corrected chi connectivity index (χ1v) is 7.49. The monoisotopic (exact) mass is 394 g/mol. The predicted octanol–water partition coefficient (Wildman–Crippen LogP) is 3.81. The van der Waals surface area contributed by atoms with Crippen LogP contribution in [0.4, 0.5) is 11.4 Å². The second-order valence-corrected chi connectivity index (χ2v) is 5.92. The third-order valence-electron chi connectivity index (χ3n) is 2.89. The smallest absolute Gasteiger partial charge is 0.255 e. The molecule has 2 amide bonds. The Labute approximate surface area is 137 Å². The largest absolute Gasteiger partial charge is 0.326 e. The van der Waals surface area contributed by atoms with Crippen molar-refractivity contribution < 1.29 is 9.59 Å². The highest BCUT2D eigenvalue weighted by Crippen LogP contribution is 2.21. The van der Waals surface area contributed by atoms with Crippen molar-refractivity contribution in [2.45, 2.75) is 13.8 Å². The number of benzene rings is 2. The molecule has 0 heterocycles. The summed E-state index contributed by atoms with van der Waals surface area (Å²) < 4.78 is 1.00. The van der Waals surface area contributed by atoms with E-state index < -0.39 is 0 Å². The number of hydrogen-bond donors (Lipinski definition) is 2.